The SMILES string of the molecule is COc1ccc(O[C@@H](C)C(=O)N2c3ccccc3C[C@H]2C)cc1. The van der Waals surface area contributed by atoms with Gasteiger partial charge < -0.3 is 14.4 Å². The normalized spacial score (nSPS) is 17.5. The first-order valence-corrected chi connectivity index (χ1v) is 7.82. The Kier molecular flexibility index (Phi) is 4.24. The van der Waals surface area contributed by atoms with E-state index in [1.54, 1.807) is 14.0 Å². The summed E-state index contributed by atoms with van der Waals surface area (Å²) in [6.07, 6.45) is 0.342. The summed E-state index contributed by atoms with van der Waals surface area (Å²) in [6.45, 7) is 3.86. The van der Waals surface area contributed by atoms with Crippen LogP contribution in [-0.2, 0) is 11.2 Å². The van der Waals surface area contributed by atoms with E-state index in [1.165, 1.54) is 5.56 Å². The van der Waals surface area contributed by atoms with Gasteiger partial charge in [-0.05, 0) is 56.2 Å². The third-order valence-corrected chi connectivity index (χ3v) is 4.16. The number of benzene rings is 2. The molecule has 2 atom stereocenters. The van der Waals surface area contributed by atoms with Gasteiger partial charge in [-0.15, -0.1) is 0 Å². The van der Waals surface area contributed by atoms with Gasteiger partial charge in [-0.1, -0.05) is 18.2 Å². The van der Waals surface area contributed by atoms with Crippen LogP contribution in [0.1, 0.15) is 19.4 Å². The van der Waals surface area contributed by atoms with Crippen LogP contribution in [0.3, 0.4) is 0 Å². The fraction of sp³-hybridized carbons (Fsp3) is 0.316. The Morgan fingerprint density at radius 1 is 1.13 bits per heavy atom. The Bertz CT molecular complexity index is 696. The molecular formula is C19H21NO3. The Morgan fingerprint density at radius 3 is 2.48 bits per heavy atom. The number of carbonyl (C=O) groups is 1. The zero-order chi connectivity index (χ0) is 16.4. The van der Waals surface area contributed by atoms with Crippen molar-refractivity contribution in [1.82, 2.24) is 0 Å². The fourth-order valence-electron chi connectivity index (χ4n) is 3.01. The molecule has 120 valence electrons. The van der Waals surface area contributed by atoms with Crippen molar-refractivity contribution in [3.05, 3.63) is 54.1 Å². The quantitative estimate of drug-likeness (QED) is 0.868. The van der Waals surface area contributed by atoms with Crippen LogP contribution in [0.4, 0.5) is 5.69 Å². The number of methoxy groups -OCH3 is 1. The number of fused-ring (bicyclic) bond motifs is 1. The van der Waals surface area contributed by atoms with E-state index in [-0.39, 0.29) is 11.9 Å². The topological polar surface area (TPSA) is 38.8 Å². The van der Waals surface area contributed by atoms with Crippen LogP contribution in [0.5, 0.6) is 11.5 Å². The molecule has 0 aromatic heterocycles. The van der Waals surface area contributed by atoms with Gasteiger partial charge in [0.05, 0.1) is 7.11 Å². The number of amides is 1. The van der Waals surface area contributed by atoms with E-state index in [0.717, 1.165) is 17.9 Å². The molecule has 0 unspecified atom stereocenters. The van der Waals surface area contributed by atoms with E-state index in [0.29, 0.717) is 5.75 Å². The summed E-state index contributed by atoms with van der Waals surface area (Å²) in [5.41, 5.74) is 2.21. The standard InChI is InChI=1S/C19H21NO3/c1-13-12-15-6-4-5-7-18(15)20(13)19(21)14(2)23-17-10-8-16(22-3)9-11-17/h4-11,13-14H,12H2,1-3H3/t13-,14+/m1/s1. The molecule has 1 aliphatic heterocycles. The minimum atomic E-state index is -0.544. The summed E-state index contributed by atoms with van der Waals surface area (Å²) < 4.78 is 10.9. The van der Waals surface area contributed by atoms with Crippen LogP contribution in [0.15, 0.2) is 48.5 Å². The third-order valence-electron chi connectivity index (χ3n) is 4.16. The predicted molar refractivity (Wildman–Crippen MR) is 90.2 cm³/mol. The van der Waals surface area contributed by atoms with Crippen LogP contribution in [0, 0.1) is 0 Å². The molecule has 3 rings (SSSR count). The monoisotopic (exact) mass is 311 g/mol. The van der Waals surface area contributed by atoms with Gasteiger partial charge in [-0.3, -0.25) is 4.79 Å². The summed E-state index contributed by atoms with van der Waals surface area (Å²) in [5.74, 6) is 1.41. The van der Waals surface area contributed by atoms with Crippen molar-refractivity contribution in [3.8, 4) is 11.5 Å². The average Bonchev–Trinajstić information content (AvgIpc) is 2.90. The largest absolute Gasteiger partial charge is 0.497 e. The summed E-state index contributed by atoms with van der Waals surface area (Å²) in [7, 11) is 1.62. The lowest BCUT2D eigenvalue weighted by Crippen LogP contribution is -2.43. The summed E-state index contributed by atoms with van der Waals surface area (Å²) in [6, 6.07) is 15.5. The van der Waals surface area contributed by atoms with Crippen LogP contribution >= 0.6 is 0 Å². The molecular weight excluding hydrogens is 290 g/mol. The smallest absolute Gasteiger partial charge is 0.268 e. The molecule has 4 heteroatoms. The maximum absolute atomic E-state index is 12.8. The highest BCUT2D eigenvalue weighted by Gasteiger charge is 2.33. The number of anilines is 1. The number of ether oxygens (including phenoxy) is 2. The van der Waals surface area contributed by atoms with Crippen LogP contribution in [-0.4, -0.2) is 25.2 Å². The molecule has 0 radical (unpaired) electrons. The number of hydrogen-bond acceptors (Lipinski definition) is 3. The molecule has 0 fully saturated rings. The van der Waals surface area contributed by atoms with Crippen molar-refractivity contribution in [2.75, 3.05) is 12.0 Å². The highest BCUT2D eigenvalue weighted by molar-refractivity contribution is 5.99. The lowest BCUT2D eigenvalue weighted by atomic mass is 10.1. The molecule has 4 nitrogen and oxygen atoms in total. The van der Waals surface area contributed by atoms with Gasteiger partial charge >= 0.3 is 0 Å². The van der Waals surface area contributed by atoms with Gasteiger partial charge in [0.15, 0.2) is 6.10 Å². The maximum Gasteiger partial charge on any atom is 0.268 e. The Morgan fingerprint density at radius 2 is 1.78 bits per heavy atom. The second kappa shape index (κ2) is 6.32. The average molecular weight is 311 g/mol. The van der Waals surface area contributed by atoms with Gasteiger partial charge in [0.25, 0.3) is 5.91 Å². The molecule has 1 amide bonds. The first-order valence-electron chi connectivity index (χ1n) is 7.82. The first kappa shape index (κ1) is 15.4. The molecule has 1 heterocycles. The summed E-state index contributed by atoms with van der Waals surface area (Å²) in [4.78, 5) is 14.7. The molecule has 2 aromatic rings. The number of rotatable bonds is 4. The van der Waals surface area contributed by atoms with E-state index >= 15 is 0 Å². The molecule has 0 aliphatic carbocycles. The minimum Gasteiger partial charge on any atom is -0.497 e. The number of hydrogen-bond donors (Lipinski definition) is 0. The van der Waals surface area contributed by atoms with Crippen molar-refractivity contribution in [3.63, 3.8) is 0 Å². The summed E-state index contributed by atoms with van der Waals surface area (Å²) in [5, 5.41) is 0. The van der Waals surface area contributed by atoms with Gasteiger partial charge in [-0.2, -0.15) is 0 Å². The van der Waals surface area contributed by atoms with Gasteiger partial charge in [0.1, 0.15) is 11.5 Å². The van der Waals surface area contributed by atoms with Gasteiger partial charge in [0.2, 0.25) is 0 Å². The lowest BCUT2D eigenvalue weighted by Gasteiger charge is -2.26. The van der Waals surface area contributed by atoms with E-state index in [4.69, 9.17) is 9.47 Å². The first-order chi connectivity index (χ1) is 11.1. The molecule has 0 bridgehead atoms. The number of nitrogens with zero attached hydrogens (tertiary/aromatic N) is 1. The van der Waals surface area contributed by atoms with Crippen LogP contribution < -0.4 is 14.4 Å². The molecule has 2 aromatic carbocycles. The van der Waals surface area contributed by atoms with Gasteiger partial charge in [-0.25, -0.2) is 0 Å². The summed E-state index contributed by atoms with van der Waals surface area (Å²) >= 11 is 0. The van der Waals surface area contributed by atoms with Crippen molar-refractivity contribution in [2.45, 2.75) is 32.4 Å². The highest BCUT2D eigenvalue weighted by Crippen LogP contribution is 2.32. The predicted octanol–water partition coefficient (Wildman–Crippen LogP) is 3.44. The van der Waals surface area contributed by atoms with Crippen molar-refractivity contribution < 1.29 is 14.3 Å². The Balaban J connectivity index is 1.74. The molecule has 0 N–H and O–H groups in total. The van der Waals surface area contributed by atoms with Gasteiger partial charge in [0, 0.05) is 11.7 Å². The Hall–Kier alpha value is -2.49. The van der Waals surface area contributed by atoms with Crippen molar-refractivity contribution in [1.29, 1.82) is 0 Å². The van der Waals surface area contributed by atoms with Crippen LogP contribution in [0.2, 0.25) is 0 Å². The zero-order valence-corrected chi connectivity index (χ0v) is 13.7. The van der Waals surface area contributed by atoms with E-state index in [9.17, 15) is 4.79 Å². The van der Waals surface area contributed by atoms with Crippen molar-refractivity contribution in [2.24, 2.45) is 0 Å². The van der Waals surface area contributed by atoms with Crippen LogP contribution in [0.25, 0.3) is 0 Å². The molecule has 23 heavy (non-hydrogen) atoms. The molecule has 1 aliphatic rings. The highest BCUT2D eigenvalue weighted by atomic mass is 16.5. The Labute approximate surface area is 136 Å². The fourth-order valence-corrected chi connectivity index (χ4v) is 3.01. The lowest BCUT2D eigenvalue weighted by molar-refractivity contribution is -0.124. The second-order valence-corrected chi connectivity index (χ2v) is 5.83. The zero-order valence-electron chi connectivity index (χ0n) is 13.7. The van der Waals surface area contributed by atoms with E-state index in [1.807, 2.05) is 47.4 Å². The maximum atomic E-state index is 12.8. The number of carbonyl (C=O) groups excluding carboxylic acids is 1. The minimum absolute atomic E-state index is 0.0155. The van der Waals surface area contributed by atoms with E-state index < -0.39 is 6.10 Å². The van der Waals surface area contributed by atoms with E-state index in [2.05, 4.69) is 13.0 Å². The second-order valence-electron chi connectivity index (χ2n) is 5.83. The number of para-hydroxylation sites is 1. The molecule has 0 saturated carbocycles. The third kappa shape index (κ3) is 3.02. The van der Waals surface area contributed by atoms with Crippen molar-refractivity contribution >= 4 is 11.6 Å². The molecule has 0 saturated heterocycles. The molecule has 0 spiro atoms.